The predicted molar refractivity (Wildman–Crippen MR) is 139 cm³/mol. The smallest absolute Gasteiger partial charge is 0.164 e. The Kier molecular flexibility index (Phi) is 6.47. The van der Waals surface area contributed by atoms with Crippen LogP contribution >= 0.6 is 0 Å². The highest BCUT2D eigenvalue weighted by Gasteiger charge is 2.30. The Bertz CT molecular complexity index is 1210. The number of hydrogen-bond acceptors (Lipinski definition) is 10. The van der Waals surface area contributed by atoms with E-state index in [0.29, 0.717) is 31.4 Å². The van der Waals surface area contributed by atoms with E-state index in [0.717, 1.165) is 79.3 Å². The van der Waals surface area contributed by atoms with Gasteiger partial charge in [0, 0.05) is 30.7 Å². The Morgan fingerprint density at radius 1 is 1.03 bits per heavy atom. The molecule has 0 radical (unpaired) electrons. The Hall–Kier alpha value is -2.50. The SMILES string of the molecule is Cc1nc(C2CCN(C3CCNCC3)CC2)cc2c1OCc1c(ncnc1N1CCS(=O)(=O)CC1)N2. The van der Waals surface area contributed by atoms with Crippen LogP contribution in [0.5, 0.6) is 5.75 Å². The number of hydrogen-bond donors (Lipinski definition) is 2. The van der Waals surface area contributed by atoms with Crippen LogP contribution in [0.2, 0.25) is 0 Å². The van der Waals surface area contributed by atoms with Crippen LogP contribution in [0.4, 0.5) is 17.3 Å². The monoisotopic (exact) mass is 513 g/mol. The van der Waals surface area contributed by atoms with Gasteiger partial charge < -0.3 is 25.2 Å². The van der Waals surface area contributed by atoms with Crippen LogP contribution in [-0.4, -0.2) is 85.1 Å². The molecule has 0 bridgehead atoms. The Morgan fingerprint density at radius 3 is 2.53 bits per heavy atom. The standard InChI is InChI=1S/C25H35N7O3S/c1-17-23-22(14-21(29-17)18-4-8-31(9-5-18)19-2-6-26-7-3-19)30-24-20(15-35-23)25(28-16-27-24)32-10-12-36(33,34)13-11-32/h14,16,18-19,26H,2-13,15H2,1H3,(H,27,28,30). The summed E-state index contributed by atoms with van der Waals surface area (Å²) in [6.07, 6.45) is 6.28. The summed E-state index contributed by atoms with van der Waals surface area (Å²) in [4.78, 5) is 18.7. The second kappa shape index (κ2) is 9.75. The zero-order valence-electron chi connectivity index (χ0n) is 20.9. The quantitative estimate of drug-likeness (QED) is 0.632. The number of anilines is 3. The van der Waals surface area contributed by atoms with E-state index in [1.54, 1.807) is 6.33 Å². The lowest BCUT2D eigenvalue weighted by atomic mass is 9.90. The average molecular weight is 514 g/mol. The predicted octanol–water partition coefficient (Wildman–Crippen LogP) is 1.98. The van der Waals surface area contributed by atoms with Crippen molar-refractivity contribution in [2.24, 2.45) is 0 Å². The van der Waals surface area contributed by atoms with Gasteiger partial charge in [0.05, 0.1) is 28.5 Å². The molecule has 3 saturated heterocycles. The number of rotatable bonds is 3. The first-order valence-electron chi connectivity index (χ1n) is 13.1. The molecule has 0 spiro atoms. The summed E-state index contributed by atoms with van der Waals surface area (Å²) in [5.41, 5.74) is 3.74. The number of pyridine rings is 1. The minimum absolute atomic E-state index is 0.142. The Morgan fingerprint density at radius 2 is 1.78 bits per heavy atom. The highest BCUT2D eigenvalue weighted by Crippen LogP contribution is 2.40. The number of ether oxygens (including phenoxy) is 1. The summed E-state index contributed by atoms with van der Waals surface area (Å²) >= 11 is 0. The van der Waals surface area contributed by atoms with E-state index >= 15 is 0 Å². The number of piperidine rings is 2. The molecule has 10 nitrogen and oxygen atoms in total. The zero-order chi connectivity index (χ0) is 24.7. The summed E-state index contributed by atoms with van der Waals surface area (Å²) in [5, 5.41) is 6.97. The number of nitrogens with one attached hydrogen (secondary N) is 2. The van der Waals surface area contributed by atoms with Crippen LogP contribution in [0, 0.1) is 6.92 Å². The number of aryl methyl sites for hydroxylation is 1. The van der Waals surface area contributed by atoms with E-state index in [-0.39, 0.29) is 11.5 Å². The van der Waals surface area contributed by atoms with Gasteiger partial charge in [0.1, 0.15) is 24.6 Å². The molecule has 6 heterocycles. The van der Waals surface area contributed by atoms with Crippen LogP contribution in [-0.2, 0) is 16.4 Å². The third kappa shape index (κ3) is 4.76. The van der Waals surface area contributed by atoms with Crippen molar-refractivity contribution >= 4 is 27.2 Å². The van der Waals surface area contributed by atoms with E-state index in [1.807, 2.05) is 11.8 Å². The first-order chi connectivity index (χ1) is 17.5. The Labute approximate surface area is 212 Å². The molecule has 0 saturated carbocycles. The second-order valence-corrected chi connectivity index (χ2v) is 12.7. The van der Waals surface area contributed by atoms with Crippen molar-refractivity contribution in [3.8, 4) is 5.75 Å². The summed E-state index contributed by atoms with van der Waals surface area (Å²) < 4.78 is 30.1. The van der Waals surface area contributed by atoms with Crippen molar-refractivity contribution in [3.05, 3.63) is 29.3 Å². The van der Waals surface area contributed by atoms with Gasteiger partial charge in [-0.15, -0.1) is 0 Å². The van der Waals surface area contributed by atoms with E-state index in [4.69, 9.17) is 9.72 Å². The fourth-order valence-corrected chi connectivity index (χ4v) is 7.21. The number of sulfone groups is 1. The molecule has 2 aromatic heterocycles. The molecule has 194 valence electrons. The molecule has 11 heteroatoms. The lowest BCUT2D eigenvalue weighted by molar-refractivity contribution is 0.126. The fourth-order valence-electron chi connectivity index (χ4n) is 6.01. The molecule has 2 N–H and O–H groups in total. The molecule has 2 aromatic rings. The van der Waals surface area contributed by atoms with Crippen LogP contribution in [0.3, 0.4) is 0 Å². The van der Waals surface area contributed by atoms with Crippen LogP contribution < -0.4 is 20.3 Å². The van der Waals surface area contributed by atoms with Crippen molar-refractivity contribution in [1.29, 1.82) is 0 Å². The van der Waals surface area contributed by atoms with Crippen LogP contribution in [0.25, 0.3) is 0 Å². The van der Waals surface area contributed by atoms with E-state index in [1.165, 1.54) is 12.8 Å². The van der Waals surface area contributed by atoms with Gasteiger partial charge in [0.15, 0.2) is 15.6 Å². The summed E-state index contributed by atoms with van der Waals surface area (Å²) in [6.45, 7) is 7.69. The minimum atomic E-state index is -2.97. The van der Waals surface area contributed by atoms with E-state index < -0.39 is 9.84 Å². The molecular formula is C25H35N7O3S. The first-order valence-corrected chi connectivity index (χ1v) is 14.9. The minimum Gasteiger partial charge on any atom is -0.485 e. The number of likely N-dealkylation sites (tertiary alicyclic amines) is 1. The van der Waals surface area contributed by atoms with Gasteiger partial charge in [0.25, 0.3) is 0 Å². The highest BCUT2D eigenvalue weighted by atomic mass is 32.2. The molecular weight excluding hydrogens is 478 g/mol. The number of fused-ring (bicyclic) bond motifs is 2. The van der Waals surface area contributed by atoms with Crippen LogP contribution in [0.15, 0.2) is 12.4 Å². The third-order valence-corrected chi connectivity index (χ3v) is 9.72. The molecule has 0 aliphatic carbocycles. The molecule has 0 aromatic carbocycles. The van der Waals surface area contributed by atoms with Gasteiger partial charge in [-0.2, -0.15) is 0 Å². The van der Waals surface area contributed by atoms with Gasteiger partial charge in [-0.25, -0.2) is 18.4 Å². The molecule has 0 unspecified atom stereocenters. The van der Waals surface area contributed by atoms with Gasteiger partial charge in [-0.3, -0.25) is 4.98 Å². The van der Waals surface area contributed by atoms with Gasteiger partial charge >= 0.3 is 0 Å². The van der Waals surface area contributed by atoms with Crippen molar-refractivity contribution in [2.45, 2.75) is 51.2 Å². The number of nitrogens with zero attached hydrogens (tertiary/aromatic N) is 5. The lowest BCUT2D eigenvalue weighted by Gasteiger charge is -2.39. The highest BCUT2D eigenvalue weighted by molar-refractivity contribution is 7.91. The maximum absolute atomic E-state index is 11.9. The molecule has 6 rings (SSSR count). The van der Waals surface area contributed by atoms with Crippen molar-refractivity contribution in [2.75, 3.05) is 61.0 Å². The summed E-state index contributed by atoms with van der Waals surface area (Å²) in [7, 11) is -2.97. The first kappa shape index (κ1) is 23.9. The summed E-state index contributed by atoms with van der Waals surface area (Å²) in [5.74, 6) is 2.92. The topological polar surface area (TPSA) is 113 Å². The molecule has 3 fully saturated rings. The van der Waals surface area contributed by atoms with E-state index in [9.17, 15) is 8.42 Å². The molecule has 4 aliphatic heterocycles. The largest absolute Gasteiger partial charge is 0.485 e. The summed E-state index contributed by atoms with van der Waals surface area (Å²) in [6, 6.07) is 2.85. The fraction of sp³-hybridized carbons (Fsp3) is 0.640. The molecule has 4 aliphatic rings. The van der Waals surface area contributed by atoms with Gasteiger partial charge in [0.2, 0.25) is 0 Å². The maximum Gasteiger partial charge on any atom is 0.164 e. The molecule has 36 heavy (non-hydrogen) atoms. The zero-order valence-corrected chi connectivity index (χ0v) is 21.7. The lowest BCUT2D eigenvalue weighted by Crippen LogP contribution is -2.46. The average Bonchev–Trinajstić information content (AvgIpc) is 3.09. The van der Waals surface area contributed by atoms with Gasteiger partial charge in [-0.1, -0.05) is 0 Å². The maximum atomic E-state index is 11.9. The molecule has 0 atom stereocenters. The van der Waals surface area contributed by atoms with Gasteiger partial charge in [-0.05, 0) is 64.9 Å². The normalized spacial score (nSPS) is 23.2. The molecule has 0 amide bonds. The van der Waals surface area contributed by atoms with Crippen LogP contribution in [0.1, 0.15) is 48.6 Å². The van der Waals surface area contributed by atoms with Crippen molar-refractivity contribution in [3.63, 3.8) is 0 Å². The Balaban J connectivity index is 1.21. The van der Waals surface area contributed by atoms with Crippen molar-refractivity contribution < 1.29 is 13.2 Å². The van der Waals surface area contributed by atoms with Crippen molar-refractivity contribution in [1.82, 2.24) is 25.2 Å². The number of aromatic nitrogens is 3. The third-order valence-electron chi connectivity index (χ3n) is 8.12. The van der Waals surface area contributed by atoms with E-state index in [2.05, 4.69) is 31.6 Å². The second-order valence-electron chi connectivity index (χ2n) is 10.4.